The molecule has 0 bridgehead atoms. The van der Waals surface area contributed by atoms with Crippen molar-refractivity contribution in [2.45, 2.75) is 19.8 Å². The molecule has 0 aromatic carbocycles. The van der Waals surface area contributed by atoms with Crippen LogP contribution >= 0.6 is 0 Å². The van der Waals surface area contributed by atoms with Crippen LogP contribution in [0.25, 0.3) is 0 Å². The maximum absolute atomic E-state index is 3.72. The van der Waals surface area contributed by atoms with Crippen molar-refractivity contribution in [1.82, 2.24) is 0 Å². The summed E-state index contributed by atoms with van der Waals surface area (Å²) in [6, 6.07) is 0. The van der Waals surface area contributed by atoms with Crippen molar-refractivity contribution in [3.05, 3.63) is 19.1 Å². The van der Waals surface area contributed by atoms with E-state index in [4.69, 9.17) is 0 Å². The Kier molecular flexibility index (Phi) is 0.878. The van der Waals surface area contributed by atoms with Gasteiger partial charge in [-0.05, 0) is 13.0 Å². The SMILES string of the molecule is C=CC1(C)[CH+]CC1. The zero-order valence-corrected chi connectivity index (χ0v) is 4.78. The normalized spacial score (nSPS) is 38.4. The Morgan fingerprint density at radius 1 is 1.86 bits per heavy atom. The molecule has 1 rings (SSSR count). The Labute approximate surface area is 45.2 Å². The average molecular weight is 95.2 g/mol. The summed E-state index contributed by atoms with van der Waals surface area (Å²) in [7, 11) is 0. The Balaban J connectivity index is 2.43. The molecule has 1 atom stereocenters. The van der Waals surface area contributed by atoms with Gasteiger partial charge in [0.2, 0.25) is 0 Å². The van der Waals surface area contributed by atoms with E-state index in [0.29, 0.717) is 5.41 Å². The van der Waals surface area contributed by atoms with Crippen LogP contribution in [0.3, 0.4) is 0 Å². The molecule has 0 amide bonds. The van der Waals surface area contributed by atoms with Gasteiger partial charge in [0.05, 0.1) is 12.8 Å². The summed E-state index contributed by atoms with van der Waals surface area (Å²) >= 11 is 0. The van der Waals surface area contributed by atoms with Gasteiger partial charge in [-0.2, -0.15) is 0 Å². The molecule has 0 saturated heterocycles. The topological polar surface area (TPSA) is 0 Å². The third-order valence-corrected chi connectivity index (χ3v) is 1.76. The standard InChI is InChI=1S/C7H11/c1-3-7(2)5-4-6-7/h3,5H,1,4,6H2,2H3/q+1. The van der Waals surface area contributed by atoms with E-state index in [2.05, 4.69) is 19.9 Å². The Morgan fingerprint density at radius 3 is 2.43 bits per heavy atom. The number of hydrogen-bond donors (Lipinski definition) is 0. The highest BCUT2D eigenvalue weighted by Gasteiger charge is 2.38. The van der Waals surface area contributed by atoms with Gasteiger partial charge in [-0.1, -0.05) is 6.58 Å². The summed E-state index contributed by atoms with van der Waals surface area (Å²) in [5.41, 5.74) is 0.403. The summed E-state index contributed by atoms with van der Waals surface area (Å²) in [5.74, 6) is 0. The minimum absolute atomic E-state index is 0.403. The molecule has 1 aliphatic rings. The lowest BCUT2D eigenvalue weighted by Crippen LogP contribution is -2.22. The molecule has 1 aliphatic carbocycles. The molecule has 1 unspecified atom stereocenters. The third-order valence-electron chi connectivity index (χ3n) is 1.76. The first-order valence-corrected chi connectivity index (χ1v) is 2.75. The minimum Gasteiger partial charge on any atom is -0.0983 e. The van der Waals surface area contributed by atoms with E-state index < -0.39 is 0 Å². The predicted octanol–water partition coefficient (Wildman–Crippen LogP) is 2.18. The molecule has 0 heterocycles. The average Bonchev–Trinajstić information content (AvgIpc) is 1.61. The van der Waals surface area contributed by atoms with Crippen LogP contribution in [0, 0.1) is 11.8 Å². The molecular weight excluding hydrogens is 84.1 g/mol. The summed E-state index contributed by atoms with van der Waals surface area (Å²) in [6.45, 7) is 5.94. The van der Waals surface area contributed by atoms with Crippen molar-refractivity contribution in [3.8, 4) is 0 Å². The number of allylic oxidation sites excluding steroid dienone is 1. The van der Waals surface area contributed by atoms with Gasteiger partial charge in [0.15, 0.2) is 0 Å². The van der Waals surface area contributed by atoms with Crippen LogP contribution in [0.4, 0.5) is 0 Å². The largest absolute Gasteiger partial charge is 0.127 e. The maximum atomic E-state index is 3.72. The van der Waals surface area contributed by atoms with Crippen LogP contribution in [0.5, 0.6) is 0 Å². The molecule has 0 heteroatoms. The monoisotopic (exact) mass is 95.1 g/mol. The fourth-order valence-corrected chi connectivity index (χ4v) is 0.785. The Morgan fingerprint density at radius 2 is 2.43 bits per heavy atom. The summed E-state index contributed by atoms with van der Waals surface area (Å²) in [4.78, 5) is 0. The third kappa shape index (κ3) is 0.649. The molecule has 38 valence electrons. The van der Waals surface area contributed by atoms with Crippen LogP contribution in [-0.4, -0.2) is 0 Å². The molecule has 0 spiro atoms. The zero-order chi connectivity index (χ0) is 5.33. The molecule has 0 radical (unpaired) electrons. The van der Waals surface area contributed by atoms with E-state index in [1.165, 1.54) is 12.8 Å². The van der Waals surface area contributed by atoms with E-state index in [1.54, 1.807) is 0 Å². The second-order valence-corrected chi connectivity index (χ2v) is 2.45. The Hall–Kier alpha value is -0.390. The summed E-state index contributed by atoms with van der Waals surface area (Å²) in [6.07, 6.45) is 6.91. The fraction of sp³-hybridized carbons (Fsp3) is 0.571. The Bertz CT molecular complexity index is 78.0. The molecule has 0 aromatic rings. The van der Waals surface area contributed by atoms with Crippen molar-refractivity contribution in [2.24, 2.45) is 5.41 Å². The first-order valence-electron chi connectivity index (χ1n) is 2.75. The quantitative estimate of drug-likeness (QED) is 0.346. The van der Waals surface area contributed by atoms with Gasteiger partial charge in [-0.3, -0.25) is 0 Å². The van der Waals surface area contributed by atoms with E-state index in [1.807, 2.05) is 6.08 Å². The highest BCUT2D eigenvalue weighted by Crippen LogP contribution is 2.39. The van der Waals surface area contributed by atoms with Gasteiger partial charge in [0.25, 0.3) is 0 Å². The fourth-order valence-electron chi connectivity index (χ4n) is 0.785. The maximum Gasteiger partial charge on any atom is 0.127 e. The molecule has 0 aliphatic heterocycles. The van der Waals surface area contributed by atoms with Gasteiger partial charge >= 0.3 is 0 Å². The molecular formula is C7H11+. The van der Waals surface area contributed by atoms with Crippen molar-refractivity contribution in [1.29, 1.82) is 0 Å². The lowest BCUT2D eigenvalue weighted by molar-refractivity contribution is 0.346. The smallest absolute Gasteiger partial charge is 0.0983 e. The van der Waals surface area contributed by atoms with Crippen LogP contribution < -0.4 is 0 Å². The van der Waals surface area contributed by atoms with Gasteiger partial charge < -0.3 is 0 Å². The highest BCUT2D eigenvalue weighted by molar-refractivity contribution is 5.08. The molecule has 1 saturated carbocycles. The van der Waals surface area contributed by atoms with Crippen LogP contribution in [0.1, 0.15) is 19.8 Å². The highest BCUT2D eigenvalue weighted by atomic mass is 14.3. The molecule has 0 nitrogen and oxygen atoms in total. The lowest BCUT2D eigenvalue weighted by Gasteiger charge is -2.23. The van der Waals surface area contributed by atoms with Gasteiger partial charge in [-0.15, -0.1) is 0 Å². The van der Waals surface area contributed by atoms with E-state index in [-0.39, 0.29) is 0 Å². The first-order chi connectivity index (χ1) is 3.27. The van der Waals surface area contributed by atoms with Gasteiger partial charge in [-0.25, -0.2) is 0 Å². The van der Waals surface area contributed by atoms with Crippen molar-refractivity contribution in [3.63, 3.8) is 0 Å². The van der Waals surface area contributed by atoms with Gasteiger partial charge in [0, 0.05) is 6.42 Å². The molecule has 1 fully saturated rings. The molecule has 0 aromatic heterocycles. The molecule has 7 heavy (non-hydrogen) atoms. The molecule has 0 N–H and O–H groups in total. The minimum atomic E-state index is 0.403. The summed E-state index contributed by atoms with van der Waals surface area (Å²) < 4.78 is 0. The second-order valence-electron chi connectivity index (χ2n) is 2.45. The summed E-state index contributed by atoms with van der Waals surface area (Å²) in [5, 5.41) is 0. The van der Waals surface area contributed by atoms with Gasteiger partial charge in [0.1, 0.15) is 5.41 Å². The zero-order valence-electron chi connectivity index (χ0n) is 4.78. The van der Waals surface area contributed by atoms with Crippen molar-refractivity contribution < 1.29 is 0 Å². The van der Waals surface area contributed by atoms with Crippen LogP contribution in [0.15, 0.2) is 12.7 Å². The van der Waals surface area contributed by atoms with E-state index in [0.717, 1.165) is 0 Å². The lowest BCUT2D eigenvalue weighted by atomic mass is 9.71. The van der Waals surface area contributed by atoms with E-state index >= 15 is 0 Å². The second kappa shape index (κ2) is 1.29. The number of hydrogen-bond acceptors (Lipinski definition) is 0. The first kappa shape index (κ1) is 4.76. The van der Waals surface area contributed by atoms with Crippen LogP contribution in [0.2, 0.25) is 0 Å². The van der Waals surface area contributed by atoms with Crippen molar-refractivity contribution in [2.75, 3.05) is 0 Å². The van der Waals surface area contributed by atoms with E-state index in [9.17, 15) is 0 Å². The predicted molar refractivity (Wildman–Crippen MR) is 31.8 cm³/mol. The van der Waals surface area contributed by atoms with Crippen molar-refractivity contribution >= 4 is 0 Å². The number of rotatable bonds is 1. The van der Waals surface area contributed by atoms with Crippen LogP contribution in [-0.2, 0) is 0 Å².